The van der Waals surface area contributed by atoms with Gasteiger partial charge in [0, 0.05) is 0 Å². The van der Waals surface area contributed by atoms with Crippen molar-refractivity contribution < 1.29 is 19.5 Å². The molecular formula is C7H14NO3+. The van der Waals surface area contributed by atoms with Gasteiger partial charge in [0.1, 0.15) is 18.6 Å². The standard InChI is InChI=1S/C7H13NO3/c1-8(2)3-5(7(10)11)6(9)4-8/h5-6,9H,3-4H2,1-2H3/p+1/t5-,6-/m0/s1. The number of carboxylic acids is 1. The number of aliphatic hydroxyl groups is 1. The molecule has 0 bridgehead atoms. The van der Waals surface area contributed by atoms with E-state index in [-0.39, 0.29) is 0 Å². The molecule has 2 N–H and O–H groups in total. The van der Waals surface area contributed by atoms with Crippen molar-refractivity contribution in [3.8, 4) is 0 Å². The van der Waals surface area contributed by atoms with E-state index in [9.17, 15) is 9.90 Å². The number of carbonyl (C=O) groups is 1. The molecule has 1 aliphatic heterocycles. The number of hydrogen-bond acceptors (Lipinski definition) is 2. The van der Waals surface area contributed by atoms with Crippen LogP contribution in [-0.2, 0) is 4.79 Å². The Morgan fingerprint density at radius 2 is 2.00 bits per heavy atom. The maximum absolute atomic E-state index is 10.5. The number of carboxylic acid groups (broad SMARTS) is 1. The van der Waals surface area contributed by atoms with Crippen molar-refractivity contribution in [1.82, 2.24) is 0 Å². The van der Waals surface area contributed by atoms with Crippen LogP contribution in [-0.4, -0.2) is 54.0 Å². The highest BCUT2D eigenvalue weighted by Gasteiger charge is 2.43. The summed E-state index contributed by atoms with van der Waals surface area (Å²) in [4.78, 5) is 10.5. The number of hydrogen-bond donors (Lipinski definition) is 2. The monoisotopic (exact) mass is 160 g/mol. The second kappa shape index (κ2) is 2.46. The zero-order chi connectivity index (χ0) is 8.65. The lowest BCUT2D eigenvalue weighted by Gasteiger charge is -2.22. The van der Waals surface area contributed by atoms with E-state index in [1.165, 1.54) is 0 Å². The maximum Gasteiger partial charge on any atom is 0.315 e. The van der Waals surface area contributed by atoms with E-state index in [1.807, 2.05) is 14.1 Å². The lowest BCUT2D eigenvalue weighted by Crippen LogP contribution is -2.37. The zero-order valence-corrected chi connectivity index (χ0v) is 6.82. The smallest absolute Gasteiger partial charge is 0.315 e. The number of likely N-dealkylation sites (tertiary alicyclic amines) is 1. The fraction of sp³-hybridized carbons (Fsp3) is 0.857. The molecule has 1 aliphatic rings. The Morgan fingerprint density at radius 1 is 1.45 bits per heavy atom. The predicted octanol–water partition coefficient (Wildman–Crippen LogP) is -0.862. The Hall–Kier alpha value is -0.610. The summed E-state index contributed by atoms with van der Waals surface area (Å²) in [6, 6.07) is 0. The number of rotatable bonds is 1. The van der Waals surface area contributed by atoms with Crippen LogP contribution in [0.25, 0.3) is 0 Å². The Morgan fingerprint density at radius 3 is 2.18 bits per heavy atom. The molecule has 0 aromatic heterocycles. The first-order chi connectivity index (χ1) is 4.92. The van der Waals surface area contributed by atoms with Gasteiger partial charge in [0.2, 0.25) is 0 Å². The van der Waals surface area contributed by atoms with Crippen molar-refractivity contribution in [1.29, 1.82) is 0 Å². The van der Waals surface area contributed by atoms with Gasteiger partial charge >= 0.3 is 5.97 Å². The number of aliphatic carboxylic acids is 1. The number of quaternary nitrogens is 1. The van der Waals surface area contributed by atoms with Gasteiger partial charge < -0.3 is 14.7 Å². The fourth-order valence-electron chi connectivity index (χ4n) is 1.60. The summed E-state index contributed by atoms with van der Waals surface area (Å²) >= 11 is 0. The van der Waals surface area contributed by atoms with E-state index in [1.54, 1.807) is 0 Å². The Bertz CT molecular complexity index is 179. The molecule has 0 aliphatic carbocycles. The Balaban J connectivity index is 2.66. The van der Waals surface area contributed by atoms with E-state index >= 15 is 0 Å². The van der Waals surface area contributed by atoms with Gasteiger partial charge in [-0.25, -0.2) is 0 Å². The van der Waals surface area contributed by atoms with Crippen LogP contribution in [0.3, 0.4) is 0 Å². The predicted molar refractivity (Wildman–Crippen MR) is 39.0 cm³/mol. The van der Waals surface area contributed by atoms with Crippen LogP contribution in [0.5, 0.6) is 0 Å². The average Bonchev–Trinajstić information content (AvgIpc) is 2.05. The molecule has 0 saturated carbocycles. The molecule has 4 heteroatoms. The minimum atomic E-state index is -0.888. The third-order valence-electron chi connectivity index (χ3n) is 2.15. The second-order valence-electron chi connectivity index (χ2n) is 3.81. The van der Waals surface area contributed by atoms with Crippen molar-refractivity contribution in [3.05, 3.63) is 0 Å². The minimum absolute atomic E-state index is 0.524. The van der Waals surface area contributed by atoms with E-state index in [4.69, 9.17) is 5.11 Å². The molecule has 11 heavy (non-hydrogen) atoms. The molecule has 0 amide bonds. The molecule has 0 radical (unpaired) electrons. The van der Waals surface area contributed by atoms with Crippen LogP contribution in [0.1, 0.15) is 0 Å². The third kappa shape index (κ3) is 1.70. The molecule has 0 spiro atoms. The second-order valence-corrected chi connectivity index (χ2v) is 3.81. The normalized spacial score (nSPS) is 35.5. The van der Waals surface area contributed by atoms with Crippen molar-refractivity contribution in [2.45, 2.75) is 6.10 Å². The van der Waals surface area contributed by atoms with Crippen LogP contribution in [0, 0.1) is 5.92 Å². The van der Waals surface area contributed by atoms with Gasteiger partial charge in [0.05, 0.1) is 20.6 Å². The molecule has 1 heterocycles. The highest BCUT2D eigenvalue weighted by atomic mass is 16.4. The SMILES string of the molecule is C[N+]1(C)C[C@H](C(=O)O)[C@@H](O)C1. The molecule has 0 aromatic rings. The first kappa shape index (κ1) is 8.49. The third-order valence-corrected chi connectivity index (χ3v) is 2.15. The van der Waals surface area contributed by atoms with E-state index in [0.717, 1.165) is 0 Å². The van der Waals surface area contributed by atoms with E-state index in [0.29, 0.717) is 17.6 Å². The Kier molecular flexibility index (Phi) is 1.90. The molecule has 1 rings (SSSR count). The molecule has 2 atom stereocenters. The Labute approximate surface area is 65.6 Å². The van der Waals surface area contributed by atoms with Gasteiger partial charge in [-0.05, 0) is 0 Å². The number of nitrogens with zero attached hydrogens (tertiary/aromatic N) is 1. The van der Waals surface area contributed by atoms with Crippen molar-refractivity contribution in [3.63, 3.8) is 0 Å². The molecule has 64 valence electrons. The quantitative estimate of drug-likeness (QED) is 0.491. The van der Waals surface area contributed by atoms with Crippen LogP contribution in [0.2, 0.25) is 0 Å². The average molecular weight is 160 g/mol. The lowest BCUT2D eigenvalue weighted by molar-refractivity contribution is -0.880. The van der Waals surface area contributed by atoms with Crippen LogP contribution in [0.4, 0.5) is 0 Å². The summed E-state index contributed by atoms with van der Waals surface area (Å²) in [6.07, 6.45) is -0.678. The summed E-state index contributed by atoms with van der Waals surface area (Å²) in [7, 11) is 3.85. The zero-order valence-electron chi connectivity index (χ0n) is 6.82. The first-order valence-electron chi connectivity index (χ1n) is 3.65. The summed E-state index contributed by atoms with van der Waals surface area (Å²) in [5, 5.41) is 17.9. The maximum atomic E-state index is 10.5. The summed E-state index contributed by atoms with van der Waals surface area (Å²) < 4.78 is 0.595. The fourth-order valence-corrected chi connectivity index (χ4v) is 1.60. The largest absolute Gasteiger partial charge is 0.481 e. The van der Waals surface area contributed by atoms with Gasteiger partial charge in [-0.15, -0.1) is 0 Å². The number of aliphatic hydroxyl groups excluding tert-OH is 1. The van der Waals surface area contributed by atoms with Gasteiger partial charge in [0.15, 0.2) is 0 Å². The lowest BCUT2D eigenvalue weighted by atomic mass is 10.1. The van der Waals surface area contributed by atoms with Crippen molar-refractivity contribution >= 4 is 5.97 Å². The molecule has 1 fully saturated rings. The molecule has 4 nitrogen and oxygen atoms in total. The topological polar surface area (TPSA) is 57.5 Å². The van der Waals surface area contributed by atoms with Crippen molar-refractivity contribution in [2.24, 2.45) is 5.92 Å². The summed E-state index contributed by atoms with van der Waals surface area (Å²) in [5.41, 5.74) is 0. The van der Waals surface area contributed by atoms with Gasteiger partial charge in [-0.1, -0.05) is 0 Å². The highest BCUT2D eigenvalue weighted by molar-refractivity contribution is 5.71. The summed E-state index contributed by atoms with van der Waals surface area (Å²) in [6.45, 7) is 1.06. The minimum Gasteiger partial charge on any atom is -0.481 e. The first-order valence-corrected chi connectivity index (χ1v) is 3.65. The number of likely N-dealkylation sites (N-methyl/N-ethyl adjacent to an activating group) is 1. The van der Waals surface area contributed by atoms with E-state index < -0.39 is 18.0 Å². The van der Waals surface area contributed by atoms with Gasteiger partial charge in [0.25, 0.3) is 0 Å². The molecule has 0 aromatic carbocycles. The van der Waals surface area contributed by atoms with Gasteiger partial charge in [-0.3, -0.25) is 4.79 Å². The molecule has 0 unspecified atom stereocenters. The molecule has 1 saturated heterocycles. The summed E-state index contributed by atoms with van der Waals surface area (Å²) in [5.74, 6) is -1.47. The van der Waals surface area contributed by atoms with E-state index in [2.05, 4.69) is 0 Å². The van der Waals surface area contributed by atoms with Crippen LogP contribution < -0.4 is 0 Å². The molecular weight excluding hydrogens is 146 g/mol. The van der Waals surface area contributed by atoms with Gasteiger partial charge in [-0.2, -0.15) is 0 Å². The van der Waals surface area contributed by atoms with Crippen LogP contribution >= 0.6 is 0 Å². The highest BCUT2D eigenvalue weighted by Crippen LogP contribution is 2.20. The van der Waals surface area contributed by atoms with Crippen LogP contribution in [0.15, 0.2) is 0 Å². The van der Waals surface area contributed by atoms with Crippen molar-refractivity contribution in [2.75, 3.05) is 27.2 Å².